The van der Waals surface area contributed by atoms with Gasteiger partial charge in [0.15, 0.2) is 5.11 Å². The van der Waals surface area contributed by atoms with E-state index in [-0.39, 0.29) is 11.0 Å². The number of para-hydroxylation sites is 1. The summed E-state index contributed by atoms with van der Waals surface area (Å²) in [6, 6.07) is 17.2. The Morgan fingerprint density at radius 2 is 1.76 bits per heavy atom. The van der Waals surface area contributed by atoms with E-state index in [9.17, 15) is 4.79 Å². The molecule has 3 rings (SSSR count). The Morgan fingerprint density at radius 3 is 2.48 bits per heavy atom. The maximum atomic E-state index is 12.3. The van der Waals surface area contributed by atoms with Crippen LogP contribution in [-0.4, -0.2) is 16.0 Å². The highest BCUT2D eigenvalue weighted by atomic mass is 32.1. The summed E-state index contributed by atoms with van der Waals surface area (Å²) in [5.41, 5.74) is 3.34. The van der Waals surface area contributed by atoms with Crippen LogP contribution in [-0.2, 0) is 0 Å². The number of nitrogens with zero attached hydrogens (tertiary/aromatic N) is 1. The predicted molar refractivity (Wildman–Crippen MR) is 106 cm³/mol. The van der Waals surface area contributed by atoms with E-state index in [1.54, 1.807) is 6.20 Å². The predicted octanol–water partition coefficient (Wildman–Crippen LogP) is 4.49. The van der Waals surface area contributed by atoms with Crippen molar-refractivity contribution in [1.29, 1.82) is 0 Å². The molecule has 0 saturated heterocycles. The number of nitrogens with one attached hydrogen (secondary N) is 2. The van der Waals surface area contributed by atoms with Gasteiger partial charge in [-0.05, 0) is 48.0 Å². The molecule has 0 radical (unpaired) electrons. The molecule has 0 aliphatic rings. The number of hydrogen-bond donors (Lipinski definition) is 2. The van der Waals surface area contributed by atoms with Crippen molar-refractivity contribution < 1.29 is 4.79 Å². The number of benzene rings is 2. The summed E-state index contributed by atoms with van der Waals surface area (Å²) in [4.78, 5) is 16.7. The van der Waals surface area contributed by atoms with Gasteiger partial charge in [-0.25, -0.2) is 0 Å². The van der Waals surface area contributed by atoms with Crippen LogP contribution in [0.4, 0.5) is 5.69 Å². The Hall–Kier alpha value is -2.79. The molecule has 3 aromatic rings. The number of carbonyl (C=O) groups is 1. The van der Waals surface area contributed by atoms with Gasteiger partial charge in [0.2, 0.25) is 0 Å². The van der Waals surface area contributed by atoms with Crippen LogP contribution in [0.3, 0.4) is 0 Å². The fraction of sp³-hybridized carbons (Fsp3) is 0.150. The van der Waals surface area contributed by atoms with E-state index in [0.717, 1.165) is 16.6 Å². The highest BCUT2D eigenvalue weighted by Gasteiger charge is 2.10. The molecule has 0 spiro atoms. The zero-order chi connectivity index (χ0) is 17.8. The third-order valence-electron chi connectivity index (χ3n) is 3.95. The van der Waals surface area contributed by atoms with Crippen molar-refractivity contribution in [1.82, 2.24) is 10.3 Å². The van der Waals surface area contributed by atoms with E-state index >= 15 is 0 Å². The molecule has 0 bridgehead atoms. The topological polar surface area (TPSA) is 54.0 Å². The third-order valence-corrected chi connectivity index (χ3v) is 4.15. The second-order valence-corrected chi connectivity index (χ2v) is 6.47. The Morgan fingerprint density at radius 1 is 1.04 bits per heavy atom. The van der Waals surface area contributed by atoms with E-state index in [1.165, 1.54) is 5.56 Å². The van der Waals surface area contributed by atoms with E-state index < -0.39 is 0 Å². The van der Waals surface area contributed by atoms with Crippen LogP contribution in [0.2, 0.25) is 0 Å². The summed E-state index contributed by atoms with van der Waals surface area (Å²) in [7, 11) is 0. The van der Waals surface area contributed by atoms with E-state index in [2.05, 4.69) is 29.5 Å². The van der Waals surface area contributed by atoms with Crippen molar-refractivity contribution in [2.75, 3.05) is 5.32 Å². The molecule has 0 atom stereocenters. The molecule has 0 aliphatic carbocycles. The zero-order valence-corrected chi connectivity index (χ0v) is 14.9. The maximum Gasteiger partial charge on any atom is 0.257 e. The number of rotatable bonds is 3. The highest BCUT2D eigenvalue weighted by Crippen LogP contribution is 2.20. The molecule has 25 heavy (non-hydrogen) atoms. The largest absolute Gasteiger partial charge is 0.331 e. The molecule has 0 saturated carbocycles. The number of pyridine rings is 1. The molecule has 0 aliphatic heterocycles. The van der Waals surface area contributed by atoms with Crippen LogP contribution < -0.4 is 10.6 Å². The summed E-state index contributed by atoms with van der Waals surface area (Å²) >= 11 is 5.27. The number of thiocarbonyl (C=S) groups is 1. The first-order chi connectivity index (χ1) is 12.0. The number of amides is 1. The number of carbonyl (C=O) groups excluding carboxylic acids is 1. The summed E-state index contributed by atoms with van der Waals surface area (Å²) in [6.45, 7) is 4.23. The number of hydrogen-bond acceptors (Lipinski definition) is 3. The first-order valence-electron chi connectivity index (χ1n) is 8.10. The summed E-state index contributed by atoms with van der Waals surface area (Å²) in [5, 5.41) is 7.02. The van der Waals surface area contributed by atoms with Gasteiger partial charge in [0.25, 0.3) is 5.91 Å². The van der Waals surface area contributed by atoms with Crippen molar-refractivity contribution in [3.8, 4) is 0 Å². The van der Waals surface area contributed by atoms with Crippen molar-refractivity contribution in [2.24, 2.45) is 0 Å². The van der Waals surface area contributed by atoms with Crippen molar-refractivity contribution in [3.63, 3.8) is 0 Å². The Bertz CT molecular complexity index is 914. The average molecular weight is 349 g/mol. The molecule has 2 aromatic carbocycles. The Kier molecular flexibility index (Phi) is 5.05. The Labute approximate surface area is 152 Å². The highest BCUT2D eigenvalue weighted by molar-refractivity contribution is 7.80. The van der Waals surface area contributed by atoms with Crippen molar-refractivity contribution in [2.45, 2.75) is 19.8 Å². The van der Waals surface area contributed by atoms with Gasteiger partial charge in [0.1, 0.15) is 0 Å². The molecule has 1 amide bonds. The van der Waals surface area contributed by atoms with Gasteiger partial charge < -0.3 is 5.32 Å². The molecule has 1 heterocycles. The second kappa shape index (κ2) is 7.40. The van der Waals surface area contributed by atoms with Crippen molar-refractivity contribution in [3.05, 3.63) is 71.9 Å². The Balaban J connectivity index is 1.70. The lowest BCUT2D eigenvalue weighted by atomic mass is 10.0. The van der Waals surface area contributed by atoms with Crippen LogP contribution >= 0.6 is 12.2 Å². The first kappa shape index (κ1) is 17.0. The van der Waals surface area contributed by atoms with Crippen LogP contribution in [0.5, 0.6) is 0 Å². The number of fused-ring (bicyclic) bond motifs is 1. The molecule has 0 unspecified atom stereocenters. The zero-order valence-electron chi connectivity index (χ0n) is 14.1. The van der Waals surface area contributed by atoms with Gasteiger partial charge in [-0.15, -0.1) is 0 Å². The van der Waals surface area contributed by atoms with Gasteiger partial charge in [-0.3, -0.25) is 15.1 Å². The average Bonchev–Trinajstić information content (AvgIpc) is 2.62. The minimum atomic E-state index is -0.235. The van der Waals surface area contributed by atoms with Crippen LogP contribution in [0.1, 0.15) is 35.7 Å². The van der Waals surface area contributed by atoms with Gasteiger partial charge in [-0.1, -0.05) is 44.2 Å². The van der Waals surface area contributed by atoms with Crippen molar-refractivity contribution >= 4 is 39.8 Å². The molecule has 2 N–H and O–H groups in total. The molecular weight excluding hydrogens is 330 g/mol. The molecule has 5 heteroatoms. The first-order valence-corrected chi connectivity index (χ1v) is 8.51. The van der Waals surface area contributed by atoms with E-state index in [0.29, 0.717) is 11.5 Å². The van der Waals surface area contributed by atoms with Gasteiger partial charge >= 0.3 is 0 Å². The smallest absolute Gasteiger partial charge is 0.257 e. The monoisotopic (exact) mass is 349 g/mol. The minimum Gasteiger partial charge on any atom is -0.331 e. The maximum absolute atomic E-state index is 12.3. The SMILES string of the molecule is CC(C)c1ccc(C(=O)NC(=S)Nc2cccc3cccnc23)cc1. The fourth-order valence-electron chi connectivity index (χ4n) is 2.55. The molecule has 0 fully saturated rings. The number of aromatic nitrogens is 1. The van der Waals surface area contributed by atoms with Crippen LogP contribution in [0.25, 0.3) is 10.9 Å². The standard InChI is InChI=1S/C20H19N3OS/c1-13(2)14-8-10-16(11-9-14)19(24)23-20(25)22-17-7-3-5-15-6-4-12-21-18(15)17/h3-13H,1-2H3,(H2,22,23,24,25). The van der Waals surface area contributed by atoms with Crippen LogP contribution in [0.15, 0.2) is 60.8 Å². The quantitative estimate of drug-likeness (QED) is 0.684. The summed E-state index contributed by atoms with van der Waals surface area (Å²) < 4.78 is 0. The van der Waals surface area contributed by atoms with Gasteiger partial charge in [0.05, 0.1) is 11.2 Å². The van der Waals surface area contributed by atoms with E-state index in [4.69, 9.17) is 12.2 Å². The van der Waals surface area contributed by atoms with E-state index in [1.807, 2.05) is 54.6 Å². The summed E-state index contributed by atoms with van der Waals surface area (Å²) in [6.07, 6.45) is 1.73. The molecule has 4 nitrogen and oxygen atoms in total. The third kappa shape index (κ3) is 4.00. The normalized spacial score (nSPS) is 10.7. The molecular formula is C20H19N3OS. The lowest BCUT2D eigenvalue weighted by Gasteiger charge is -2.12. The fourth-order valence-corrected chi connectivity index (χ4v) is 2.76. The van der Waals surface area contributed by atoms with Gasteiger partial charge in [0, 0.05) is 17.1 Å². The second-order valence-electron chi connectivity index (χ2n) is 6.07. The van der Waals surface area contributed by atoms with Gasteiger partial charge in [-0.2, -0.15) is 0 Å². The summed E-state index contributed by atoms with van der Waals surface area (Å²) in [5.74, 6) is 0.194. The van der Waals surface area contributed by atoms with Crippen LogP contribution in [0, 0.1) is 0 Å². The molecule has 1 aromatic heterocycles. The molecule has 126 valence electrons. The lowest BCUT2D eigenvalue weighted by molar-refractivity contribution is 0.0977. The minimum absolute atomic E-state index is 0.235. The lowest BCUT2D eigenvalue weighted by Crippen LogP contribution is -2.34. The number of anilines is 1.